The Morgan fingerprint density at radius 2 is 2.24 bits per heavy atom. The molecule has 0 saturated carbocycles. The minimum absolute atomic E-state index is 0.490. The fourth-order valence-electron chi connectivity index (χ4n) is 2.28. The van der Waals surface area contributed by atoms with Crippen LogP contribution in [0.3, 0.4) is 0 Å². The average molecular weight is 246 g/mol. The van der Waals surface area contributed by atoms with Crippen LogP contribution < -0.4 is 0 Å². The van der Waals surface area contributed by atoms with Gasteiger partial charge in [0.1, 0.15) is 0 Å². The van der Waals surface area contributed by atoms with Gasteiger partial charge in [-0.05, 0) is 40.8 Å². The molecule has 3 rings (SSSR count). The maximum Gasteiger partial charge on any atom is 0.209 e. The second-order valence-corrected chi connectivity index (χ2v) is 5.45. The van der Waals surface area contributed by atoms with E-state index in [1.165, 1.54) is 30.4 Å². The number of nitrogens with zero attached hydrogens (tertiary/aromatic N) is 4. The third-order valence-corrected chi connectivity index (χ3v) is 4.47. The molecule has 1 aliphatic rings. The lowest BCUT2D eigenvalue weighted by molar-refractivity contribution is 0.649. The molecule has 1 aliphatic carbocycles. The van der Waals surface area contributed by atoms with E-state index < -0.39 is 0 Å². The molecule has 2 aromatic rings. The summed E-state index contributed by atoms with van der Waals surface area (Å²) in [6, 6.07) is 8.70. The van der Waals surface area contributed by atoms with Crippen LogP contribution in [0.1, 0.15) is 29.2 Å². The molecule has 0 spiro atoms. The van der Waals surface area contributed by atoms with Gasteiger partial charge in [0.05, 0.1) is 0 Å². The van der Waals surface area contributed by atoms with Gasteiger partial charge in [0.2, 0.25) is 5.16 Å². The number of fused-ring (bicyclic) bond motifs is 1. The van der Waals surface area contributed by atoms with Crippen LogP contribution in [0, 0.1) is 0 Å². The second-order valence-electron chi connectivity index (χ2n) is 4.28. The number of rotatable bonds is 2. The number of benzene rings is 1. The largest absolute Gasteiger partial charge is 0.224 e. The molecule has 5 heteroatoms. The van der Waals surface area contributed by atoms with Gasteiger partial charge in [-0.3, -0.25) is 0 Å². The number of aryl methyl sites for hydroxylation is 2. The molecule has 0 radical (unpaired) electrons. The van der Waals surface area contributed by atoms with Crippen LogP contribution in [0.2, 0.25) is 0 Å². The molecule has 0 fully saturated rings. The van der Waals surface area contributed by atoms with Gasteiger partial charge in [-0.2, -0.15) is 0 Å². The van der Waals surface area contributed by atoms with Crippen molar-refractivity contribution in [2.24, 2.45) is 7.05 Å². The van der Waals surface area contributed by atoms with Gasteiger partial charge in [-0.15, -0.1) is 5.10 Å². The number of hydrogen-bond donors (Lipinski definition) is 0. The highest BCUT2D eigenvalue weighted by Crippen LogP contribution is 2.42. The number of hydrogen-bond acceptors (Lipinski definition) is 4. The summed E-state index contributed by atoms with van der Waals surface area (Å²) < 4.78 is 1.74. The van der Waals surface area contributed by atoms with Crippen molar-refractivity contribution in [3.8, 4) is 0 Å². The summed E-state index contributed by atoms with van der Waals surface area (Å²) in [5.74, 6) is 0. The van der Waals surface area contributed by atoms with Gasteiger partial charge in [-0.1, -0.05) is 36.0 Å². The van der Waals surface area contributed by atoms with Crippen molar-refractivity contribution in [3.05, 3.63) is 35.4 Å². The van der Waals surface area contributed by atoms with Crippen molar-refractivity contribution in [3.63, 3.8) is 0 Å². The molecule has 0 amide bonds. The molecule has 0 aliphatic heterocycles. The number of thioether (sulfide) groups is 1. The number of aromatic nitrogens is 4. The Kier molecular flexibility index (Phi) is 2.84. The van der Waals surface area contributed by atoms with Gasteiger partial charge < -0.3 is 0 Å². The van der Waals surface area contributed by atoms with E-state index >= 15 is 0 Å². The highest BCUT2D eigenvalue weighted by atomic mass is 32.2. The Hall–Kier alpha value is -1.36. The van der Waals surface area contributed by atoms with E-state index in [4.69, 9.17) is 0 Å². The van der Waals surface area contributed by atoms with Crippen LogP contribution in [-0.2, 0) is 13.5 Å². The third kappa shape index (κ3) is 2.07. The van der Waals surface area contributed by atoms with Gasteiger partial charge in [0.15, 0.2) is 0 Å². The van der Waals surface area contributed by atoms with Crippen LogP contribution in [0.15, 0.2) is 29.4 Å². The van der Waals surface area contributed by atoms with E-state index in [9.17, 15) is 0 Å². The first-order chi connectivity index (χ1) is 8.34. The standard InChI is InChI=1S/C12H14N4S/c1-16-12(13-14-15-16)17-11-8-4-6-9-5-2-3-7-10(9)11/h2-3,5,7,11H,4,6,8H2,1H3/t11-/m1/s1. The second kappa shape index (κ2) is 4.49. The summed E-state index contributed by atoms with van der Waals surface area (Å²) in [7, 11) is 1.89. The lowest BCUT2D eigenvalue weighted by atomic mass is 9.91. The SMILES string of the molecule is Cn1nnnc1S[C@@H]1CCCc2ccccc21. The lowest BCUT2D eigenvalue weighted by Crippen LogP contribution is -2.07. The third-order valence-electron chi connectivity index (χ3n) is 3.14. The topological polar surface area (TPSA) is 43.6 Å². The van der Waals surface area contributed by atoms with Crippen molar-refractivity contribution in [2.45, 2.75) is 29.7 Å². The van der Waals surface area contributed by atoms with Crippen LogP contribution >= 0.6 is 11.8 Å². The van der Waals surface area contributed by atoms with Crippen LogP contribution in [-0.4, -0.2) is 20.2 Å². The quantitative estimate of drug-likeness (QED) is 0.816. The monoisotopic (exact) mass is 246 g/mol. The lowest BCUT2D eigenvalue weighted by Gasteiger charge is -2.24. The smallest absolute Gasteiger partial charge is 0.209 e. The molecule has 0 N–H and O–H groups in total. The molecular weight excluding hydrogens is 232 g/mol. The average Bonchev–Trinajstić information content (AvgIpc) is 2.76. The summed E-state index contributed by atoms with van der Waals surface area (Å²) in [5, 5.41) is 13.0. The Balaban J connectivity index is 1.88. The van der Waals surface area contributed by atoms with E-state index in [2.05, 4.69) is 39.8 Å². The molecule has 1 atom stereocenters. The highest BCUT2D eigenvalue weighted by molar-refractivity contribution is 7.99. The zero-order chi connectivity index (χ0) is 11.7. The first-order valence-corrected chi connectivity index (χ1v) is 6.69. The van der Waals surface area contributed by atoms with Crippen molar-refractivity contribution in [1.82, 2.24) is 20.2 Å². The van der Waals surface area contributed by atoms with Crippen LogP contribution in [0.4, 0.5) is 0 Å². The van der Waals surface area contributed by atoms with Crippen molar-refractivity contribution in [2.75, 3.05) is 0 Å². The first-order valence-electron chi connectivity index (χ1n) is 5.81. The van der Waals surface area contributed by atoms with E-state index in [1.807, 2.05) is 7.05 Å². The van der Waals surface area contributed by atoms with E-state index in [0.717, 1.165) is 5.16 Å². The van der Waals surface area contributed by atoms with Gasteiger partial charge >= 0.3 is 0 Å². The molecule has 1 heterocycles. The fourth-order valence-corrected chi connectivity index (χ4v) is 3.45. The molecule has 0 saturated heterocycles. The summed E-state index contributed by atoms with van der Waals surface area (Å²) in [5.41, 5.74) is 2.93. The normalized spacial score (nSPS) is 19.0. The predicted octanol–water partition coefficient (Wildman–Crippen LogP) is 2.38. The summed E-state index contributed by atoms with van der Waals surface area (Å²) in [4.78, 5) is 0. The molecule has 4 nitrogen and oxygen atoms in total. The van der Waals surface area contributed by atoms with E-state index in [0.29, 0.717) is 5.25 Å². The molecule has 0 bridgehead atoms. The highest BCUT2D eigenvalue weighted by Gasteiger charge is 2.22. The van der Waals surface area contributed by atoms with Crippen LogP contribution in [0.25, 0.3) is 0 Å². The maximum atomic E-state index is 4.05. The Labute approximate surface area is 104 Å². The zero-order valence-corrected chi connectivity index (χ0v) is 10.5. The molecular formula is C12H14N4S. The summed E-state index contributed by atoms with van der Waals surface area (Å²) >= 11 is 1.77. The Bertz CT molecular complexity index is 523. The molecule has 0 unspecified atom stereocenters. The van der Waals surface area contributed by atoms with E-state index in [-0.39, 0.29) is 0 Å². The first kappa shape index (κ1) is 10.8. The van der Waals surface area contributed by atoms with Gasteiger partial charge in [0.25, 0.3) is 0 Å². The van der Waals surface area contributed by atoms with Crippen LogP contribution in [0.5, 0.6) is 0 Å². The van der Waals surface area contributed by atoms with Gasteiger partial charge in [-0.25, -0.2) is 4.68 Å². The van der Waals surface area contributed by atoms with E-state index in [1.54, 1.807) is 16.4 Å². The minimum atomic E-state index is 0.490. The minimum Gasteiger partial charge on any atom is -0.224 e. The number of tetrazole rings is 1. The van der Waals surface area contributed by atoms with Crippen molar-refractivity contribution in [1.29, 1.82) is 0 Å². The van der Waals surface area contributed by atoms with Crippen molar-refractivity contribution >= 4 is 11.8 Å². The summed E-state index contributed by atoms with van der Waals surface area (Å²) in [6.07, 6.45) is 3.65. The molecule has 1 aromatic carbocycles. The zero-order valence-electron chi connectivity index (χ0n) is 9.71. The predicted molar refractivity (Wildman–Crippen MR) is 66.8 cm³/mol. The Morgan fingerprint density at radius 1 is 1.35 bits per heavy atom. The summed E-state index contributed by atoms with van der Waals surface area (Å²) in [6.45, 7) is 0. The maximum absolute atomic E-state index is 4.05. The molecule has 88 valence electrons. The fraction of sp³-hybridized carbons (Fsp3) is 0.417. The van der Waals surface area contributed by atoms with Crippen molar-refractivity contribution < 1.29 is 0 Å². The molecule has 17 heavy (non-hydrogen) atoms. The van der Waals surface area contributed by atoms with Gasteiger partial charge in [0, 0.05) is 12.3 Å². The molecule has 1 aromatic heterocycles. The Morgan fingerprint density at radius 3 is 3.06 bits per heavy atom.